The molecule has 1 saturated carbocycles. The molecular formula is C30H40FN5O3. The summed E-state index contributed by atoms with van der Waals surface area (Å²) < 4.78 is 25.1. The molecule has 1 aliphatic carbocycles. The van der Waals surface area contributed by atoms with Gasteiger partial charge in [0.05, 0.1) is 32.0 Å². The molecule has 1 aromatic carbocycles. The van der Waals surface area contributed by atoms with Gasteiger partial charge in [0.25, 0.3) is 0 Å². The Morgan fingerprint density at radius 2 is 1.95 bits per heavy atom. The van der Waals surface area contributed by atoms with Gasteiger partial charge in [0, 0.05) is 50.2 Å². The molecule has 4 heterocycles. The summed E-state index contributed by atoms with van der Waals surface area (Å²) in [5.41, 5.74) is 3.95. The van der Waals surface area contributed by atoms with E-state index < -0.39 is 0 Å². The van der Waals surface area contributed by atoms with Crippen molar-refractivity contribution in [2.75, 3.05) is 64.0 Å². The van der Waals surface area contributed by atoms with Crippen LogP contribution in [0, 0.1) is 5.82 Å². The summed E-state index contributed by atoms with van der Waals surface area (Å²) in [7, 11) is 0. The van der Waals surface area contributed by atoms with Crippen molar-refractivity contribution in [3.8, 4) is 5.88 Å². The van der Waals surface area contributed by atoms with Gasteiger partial charge in [-0.05, 0) is 62.4 Å². The van der Waals surface area contributed by atoms with Crippen LogP contribution in [0.25, 0.3) is 0 Å². The minimum Gasteiger partial charge on any atom is -0.474 e. The standard InChI is InChI=1S/C30H40FN5O3/c1-20-16-35(26(15-32-20)17-34-9-11-38-19-21(34)2)18-28(37)36-10-12-39-30-27(36)14-24(29(33-30)23-5-6-23)13-22-3-7-25(31)8-4-22/h3-4,7-8,14,20-21,23,26,32H,5-6,9-13,15-19H2,1-2H3/t20-,21-,26-/m1/s1. The first-order valence-electron chi connectivity index (χ1n) is 14.4. The fourth-order valence-corrected chi connectivity index (χ4v) is 6.09. The number of benzene rings is 1. The van der Waals surface area contributed by atoms with E-state index in [1.807, 2.05) is 17.0 Å². The third kappa shape index (κ3) is 6.11. The Morgan fingerprint density at radius 3 is 2.72 bits per heavy atom. The molecule has 4 aliphatic rings. The van der Waals surface area contributed by atoms with Crippen molar-refractivity contribution in [3.63, 3.8) is 0 Å². The summed E-state index contributed by atoms with van der Waals surface area (Å²) in [5.74, 6) is 0.846. The highest BCUT2D eigenvalue weighted by Crippen LogP contribution is 2.44. The number of carbonyl (C=O) groups is 1. The van der Waals surface area contributed by atoms with Crippen molar-refractivity contribution < 1.29 is 18.7 Å². The summed E-state index contributed by atoms with van der Waals surface area (Å²) in [5, 5.41) is 3.61. The van der Waals surface area contributed by atoms with E-state index >= 15 is 0 Å². The van der Waals surface area contributed by atoms with Gasteiger partial charge in [-0.25, -0.2) is 9.37 Å². The Labute approximate surface area is 230 Å². The van der Waals surface area contributed by atoms with Gasteiger partial charge in [-0.2, -0.15) is 0 Å². The van der Waals surface area contributed by atoms with Crippen LogP contribution in [-0.2, 0) is 16.0 Å². The Morgan fingerprint density at radius 1 is 1.13 bits per heavy atom. The van der Waals surface area contributed by atoms with Crippen LogP contribution in [0.4, 0.5) is 10.1 Å². The number of nitrogens with one attached hydrogen (secondary N) is 1. The fourth-order valence-electron chi connectivity index (χ4n) is 6.09. The summed E-state index contributed by atoms with van der Waals surface area (Å²) >= 11 is 0. The molecule has 0 bridgehead atoms. The van der Waals surface area contributed by atoms with E-state index in [4.69, 9.17) is 14.5 Å². The van der Waals surface area contributed by atoms with E-state index in [1.165, 1.54) is 12.1 Å². The molecule has 3 fully saturated rings. The van der Waals surface area contributed by atoms with Gasteiger partial charge in [-0.15, -0.1) is 0 Å². The minimum atomic E-state index is -0.237. The number of rotatable bonds is 7. The predicted molar refractivity (Wildman–Crippen MR) is 148 cm³/mol. The van der Waals surface area contributed by atoms with Crippen molar-refractivity contribution in [2.24, 2.45) is 0 Å². The summed E-state index contributed by atoms with van der Waals surface area (Å²) in [4.78, 5) is 25.5. The number of fused-ring (bicyclic) bond motifs is 1. The lowest BCUT2D eigenvalue weighted by atomic mass is 10.00. The second-order valence-electron chi connectivity index (χ2n) is 11.6. The van der Waals surface area contributed by atoms with Gasteiger partial charge in [0.1, 0.15) is 18.1 Å². The molecule has 1 aromatic heterocycles. The molecule has 39 heavy (non-hydrogen) atoms. The maximum absolute atomic E-state index is 13.9. The molecule has 0 radical (unpaired) electrons. The minimum absolute atomic E-state index is 0.0855. The van der Waals surface area contributed by atoms with Crippen LogP contribution in [0.3, 0.4) is 0 Å². The Hall–Kier alpha value is -2.59. The zero-order valence-corrected chi connectivity index (χ0v) is 23.1. The Kier molecular flexibility index (Phi) is 7.84. The fraction of sp³-hybridized carbons (Fsp3) is 0.600. The number of nitrogens with zero attached hydrogens (tertiary/aromatic N) is 4. The average molecular weight is 538 g/mol. The zero-order valence-electron chi connectivity index (χ0n) is 23.1. The lowest BCUT2D eigenvalue weighted by molar-refractivity contribution is -0.121. The number of carbonyl (C=O) groups excluding carboxylic acids is 1. The van der Waals surface area contributed by atoms with E-state index in [0.717, 1.165) is 74.7 Å². The number of pyridine rings is 1. The smallest absolute Gasteiger partial charge is 0.241 e. The van der Waals surface area contributed by atoms with Gasteiger partial charge in [-0.3, -0.25) is 14.6 Å². The SMILES string of the molecule is C[C@@H]1CN(CC(=O)N2CCOc3nc(C4CC4)c(Cc4ccc(F)cc4)cc32)[C@@H](CN2CCOC[C@H]2C)CN1. The highest BCUT2D eigenvalue weighted by Gasteiger charge is 2.35. The molecule has 2 saturated heterocycles. The molecule has 2 aromatic rings. The van der Waals surface area contributed by atoms with Gasteiger partial charge in [-0.1, -0.05) is 12.1 Å². The first kappa shape index (κ1) is 26.6. The first-order chi connectivity index (χ1) is 18.9. The molecule has 6 rings (SSSR count). The molecule has 3 aliphatic heterocycles. The summed E-state index contributed by atoms with van der Waals surface area (Å²) in [6, 6.07) is 9.72. The van der Waals surface area contributed by atoms with Crippen LogP contribution >= 0.6 is 0 Å². The molecule has 1 N–H and O–H groups in total. The Balaban J connectivity index is 1.22. The molecular weight excluding hydrogens is 497 g/mol. The van der Waals surface area contributed by atoms with Gasteiger partial charge in [0.2, 0.25) is 11.8 Å². The first-order valence-corrected chi connectivity index (χ1v) is 14.4. The highest BCUT2D eigenvalue weighted by atomic mass is 19.1. The third-order valence-corrected chi connectivity index (χ3v) is 8.51. The molecule has 0 unspecified atom stereocenters. The average Bonchev–Trinajstić information content (AvgIpc) is 3.77. The molecule has 0 spiro atoms. The van der Waals surface area contributed by atoms with Gasteiger partial charge < -0.3 is 19.7 Å². The van der Waals surface area contributed by atoms with Crippen molar-refractivity contribution in [1.82, 2.24) is 20.1 Å². The number of ether oxygens (including phenoxy) is 2. The number of anilines is 1. The van der Waals surface area contributed by atoms with Crippen molar-refractivity contribution >= 4 is 11.6 Å². The molecule has 210 valence electrons. The maximum atomic E-state index is 13.9. The van der Waals surface area contributed by atoms with Crippen molar-refractivity contribution in [1.29, 1.82) is 0 Å². The third-order valence-electron chi connectivity index (χ3n) is 8.51. The zero-order chi connectivity index (χ0) is 26.9. The second kappa shape index (κ2) is 11.5. The largest absolute Gasteiger partial charge is 0.474 e. The number of halogens is 1. The lowest BCUT2D eigenvalue weighted by Crippen LogP contribution is -2.62. The van der Waals surface area contributed by atoms with Crippen LogP contribution in [0.2, 0.25) is 0 Å². The predicted octanol–water partition coefficient (Wildman–Crippen LogP) is 2.80. The van der Waals surface area contributed by atoms with Crippen LogP contribution in [0.15, 0.2) is 30.3 Å². The maximum Gasteiger partial charge on any atom is 0.241 e. The number of hydrogen-bond acceptors (Lipinski definition) is 7. The van der Waals surface area contributed by atoms with Crippen LogP contribution in [0.1, 0.15) is 49.4 Å². The monoisotopic (exact) mass is 537 g/mol. The van der Waals surface area contributed by atoms with Gasteiger partial charge in [0.15, 0.2) is 0 Å². The molecule has 3 atom stereocenters. The summed E-state index contributed by atoms with van der Waals surface area (Å²) in [6.45, 7) is 10.8. The number of morpholine rings is 1. The second-order valence-corrected chi connectivity index (χ2v) is 11.6. The van der Waals surface area contributed by atoms with Crippen LogP contribution in [0.5, 0.6) is 5.88 Å². The number of aromatic nitrogens is 1. The topological polar surface area (TPSA) is 70.2 Å². The molecule has 9 heteroatoms. The van der Waals surface area contributed by atoms with E-state index in [1.54, 1.807) is 0 Å². The van der Waals surface area contributed by atoms with Gasteiger partial charge >= 0.3 is 0 Å². The molecule has 1 amide bonds. The Bertz CT molecular complexity index is 1170. The number of piperazine rings is 1. The van der Waals surface area contributed by atoms with E-state index in [2.05, 4.69) is 35.0 Å². The normalized spacial score (nSPS) is 26.2. The summed E-state index contributed by atoms with van der Waals surface area (Å²) in [6.07, 6.45) is 2.90. The van der Waals surface area contributed by atoms with Crippen LogP contribution in [-0.4, -0.2) is 97.9 Å². The quantitative estimate of drug-likeness (QED) is 0.583. The van der Waals surface area contributed by atoms with E-state index in [9.17, 15) is 9.18 Å². The van der Waals surface area contributed by atoms with E-state index in [-0.39, 0.29) is 17.8 Å². The van der Waals surface area contributed by atoms with Crippen LogP contribution < -0.4 is 15.0 Å². The lowest BCUT2D eigenvalue weighted by Gasteiger charge is -2.44. The molecule has 8 nitrogen and oxygen atoms in total. The number of hydrogen-bond donors (Lipinski definition) is 1. The van der Waals surface area contributed by atoms with E-state index in [0.29, 0.717) is 50.0 Å². The number of amides is 1. The highest BCUT2D eigenvalue weighted by molar-refractivity contribution is 5.96. The van der Waals surface area contributed by atoms with Crippen molar-refractivity contribution in [3.05, 3.63) is 53.0 Å². The van der Waals surface area contributed by atoms with Crippen molar-refractivity contribution in [2.45, 2.75) is 57.2 Å².